The Bertz CT molecular complexity index is 330. The normalized spacial score (nSPS) is 11.9. The second-order valence-corrected chi connectivity index (χ2v) is 3.02. The van der Waals surface area contributed by atoms with Crippen LogP contribution in [0.15, 0.2) is 36.9 Å². The number of carbonyl (C=O) groups excluding carboxylic acids is 1. The monoisotopic (exact) mass is 192 g/mol. The lowest BCUT2D eigenvalue weighted by Crippen LogP contribution is -2.14. The molecule has 0 aliphatic carbocycles. The summed E-state index contributed by atoms with van der Waals surface area (Å²) < 4.78 is 0. The van der Waals surface area contributed by atoms with E-state index in [0.29, 0.717) is 5.57 Å². The molecule has 0 aliphatic heterocycles. The Labute approximate surface area is 82.6 Å². The molecule has 0 fully saturated rings. The standard InChI is InChI=1S/C11H12O3/c1-8(9(2)11(12)14-13)10-6-4-3-5-7-10/h3-7,9,13H,1H2,2H3. The molecule has 0 heterocycles. The number of carbonyl (C=O) groups is 1. The van der Waals surface area contributed by atoms with Crippen LogP contribution in [-0.2, 0) is 9.68 Å². The van der Waals surface area contributed by atoms with Gasteiger partial charge in [-0.15, -0.1) is 0 Å². The molecule has 0 bridgehead atoms. The molecule has 1 atom stereocenters. The smallest absolute Gasteiger partial charge is 0.300 e. The SMILES string of the molecule is C=C(c1ccccc1)C(C)C(=O)OO. The summed E-state index contributed by atoms with van der Waals surface area (Å²) in [4.78, 5) is 14.6. The molecule has 74 valence electrons. The topological polar surface area (TPSA) is 46.5 Å². The van der Waals surface area contributed by atoms with Gasteiger partial charge in [0, 0.05) is 0 Å². The molecular weight excluding hydrogens is 180 g/mol. The van der Waals surface area contributed by atoms with Crippen molar-refractivity contribution in [1.82, 2.24) is 0 Å². The van der Waals surface area contributed by atoms with Gasteiger partial charge in [-0.25, -0.2) is 4.79 Å². The zero-order valence-electron chi connectivity index (χ0n) is 7.93. The molecule has 0 saturated carbocycles. The van der Waals surface area contributed by atoms with E-state index in [1.165, 1.54) is 0 Å². The van der Waals surface area contributed by atoms with Crippen LogP contribution in [0.2, 0.25) is 0 Å². The fraction of sp³-hybridized carbons (Fsp3) is 0.182. The molecule has 1 N–H and O–H groups in total. The highest BCUT2D eigenvalue weighted by molar-refractivity contribution is 5.86. The van der Waals surface area contributed by atoms with Crippen LogP contribution < -0.4 is 0 Å². The Balaban J connectivity index is 2.81. The molecule has 0 aliphatic rings. The van der Waals surface area contributed by atoms with Crippen LogP contribution in [0.5, 0.6) is 0 Å². The van der Waals surface area contributed by atoms with E-state index in [1.807, 2.05) is 30.3 Å². The first kappa shape index (κ1) is 10.5. The second-order valence-electron chi connectivity index (χ2n) is 3.02. The summed E-state index contributed by atoms with van der Waals surface area (Å²) in [6.07, 6.45) is 0. The molecule has 1 rings (SSSR count). The van der Waals surface area contributed by atoms with Gasteiger partial charge in [-0.1, -0.05) is 36.9 Å². The van der Waals surface area contributed by atoms with Crippen LogP contribution in [0.4, 0.5) is 0 Å². The number of rotatable bonds is 3. The van der Waals surface area contributed by atoms with Crippen LogP contribution in [0.1, 0.15) is 12.5 Å². The summed E-state index contributed by atoms with van der Waals surface area (Å²) in [7, 11) is 0. The van der Waals surface area contributed by atoms with Gasteiger partial charge in [0.25, 0.3) is 0 Å². The summed E-state index contributed by atoms with van der Waals surface area (Å²) in [6, 6.07) is 9.30. The van der Waals surface area contributed by atoms with Crippen molar-refractivity contribution in [3.05, 3.63) is 42.5 Å². The molecule has 14 heavy (non-hydrogen) atoms. The largest absolute Gasteiger partial charge is 0.349 e. The molecule has 0 spiro atoms. The Kier molecular flexibility index (Phi) is 3.42. The number of hydrogen-bond acceptors (Lipinski definition) is 3. The van der Waals surface area contributed by atoms with Crippen molar-refractivity contribution in [2.45, 2.75) is 6.92 Å². The molecular formula is C11H12O3. The van der Waals surface area contributed by atoms with Crippen molar-refractivity contribution >= 4 is 11.5 Å². The van der Waals surface area contributed by atoms with E-state index < -0.39 is 11.9 Å². The summed E-state index contributed by atoms with van der Waals surface area (Å²) in [5, 5.41) is 8.21. The first-order valence-electron chi connectivity index (χ1n) is 4.26. The van der Waals surface area contributed by atoms with Gasteiger partial charge in [0.15, 0.2) is 0 Å². The van der Waals surface area contributed by atoms with Crippen molar-refractivity contribution in [1.29, 1.82) is 0 Å². The van der Waals surface area contributed by atoms with Gasteiger partial charge in [-0.3, -0.25) is 0 Å². The van der Waals surface area contributed by atoms with Crippen LogP contribution in [0.25, 0.3) is 5.57 Å². The van der Waals surface area contributed by atoms with Crippen molar-refractivity contribution in [2.24, 2.45) is 5.92 Å². The first-order valence-corrected chi connectivity index (χ1v) is 4.26. The minimum absolute atomic E-state index is 0.539. The molecule has 3 nitrogen and oxygen atoms in total. The van der Waals surface area contributed by atoms with E-state index in [9.17, 15) is 4.79 Å². The van der Waals surface area contributed by atoms with Gasteiger partial charge in [0.1, 0.15) is 0 Å². The van der Waals surface area contributed by atoms with E-state index in [1.54, 1.807) is 6.92 Å². The van der Waals surface area contributed by atoms with Gasteiger partial charge >= 0.3 is 5.97 Å². The minimum atomic E-state index is -0.696. The lowest BCUT2D eigenvalue weighted by molar-refractivity contribution is -0.236. The zero-order valence-corrected chi connectivity index (χ0v) is 7.93. The van der Waals surface area contributed by atoms with E-state index in [2.05, 4.69) is 11.5 Å². The predicted octanol–water partition coefficient (Wildman–Crippen LogP) is 2.35. The fourth-order valence-electron chi connectivity index (χ4n) is 1.12. The minimum Gasteiger partial charge on any atom is -0.300 e. The van der Waals surface area contributed by atoms with Crippen molar-refractivity contribution < 1.29 is 14.9 Å². The average Bonchev–Trinajstić information content (AvgIpc) is 2.27. The highest BCUT2D eigenvalue weighted by Crippen LogP contribution is 2.21. The molecule has 0 saturated heterocycles. The van der Waals surface area contributed by atoms with Crippen molar-refractivity contribution in [2.75, 3.05) is 0 Å². The maximum atomic E-state index is 11.0. The van der Waals surface area contributed by atoms with E-state index >= 15 is 0 Å². The van der Waals surface area contributed by atoms with Crippen LogP contribution in [0.3, 0.4) is 0 Å². The van der Waals surface area contributed by atoms with Gasteiger partial charge in [-0.2, -0.15) is 5.26 Å². The van der Waals surface area contributed by atoms with Gasteiger partial charge in [0.05, 0.1) is 5.92 Å². The number of hydrogen-bond donors (Lipinski definition) is 1. The maximum Gasteiger partial charge on any atom is 0.349 e. The Hall–Kier alpha value is -1.61. The van der Waals surface area contributed by atoms with E-state index in [-0.39, 0.29) is 0 Å². The summed E-state index contributed by atoms with van der Waals surface area (Å²) in [6.45, 7) is 5.41. The maximum absolute atomic E-state index is 11.0. The third-order valence-electron chi connectivity index (χ3n) is 2.11. The number of benzene rings is 1. The molecule has 1 aromatic rings. The van der Waals surface area contributed by atoms with E-state index in [0.717, 1.165) is 5.56 Å². The van der Waals surface area contributed by atoms with Crippen LogP contribution in [-0.4, -0.2) is 11.2 Å². The third-order valence-corrected chi connectivity index (χ3v) is 2.11. The van der Waals surface area contributed by atoms with Crippen LogP contribution >= 0.6 is 0 Å². The highest BCUT2D eigenvalue weighted by atomic mass is 17.1. The first-order chi connectivity index (χ1) is 6.66. The molecule has 3 heteroatoms. The lowest BCUT2D eigenvalue weighted by atomic mass is 9.96. The van der Waals surface area contributed by atoms with Crippen LogP contribution in [0, 0.1) is 5.92 Å². The quantitative estimate of drug-likeness (QED) is 0.590. The molecule has 0 aromatic heterocycles. The van der Waals surface area contributed by atoms with Gasteiger partial charge < -0.3 is 4.89 Å². The Morgan fingerprint density at radius 2 is 2.00 bits per heavy atom. The highest BCUT2D eigenvalue weighted by Gasteiger charge is 2.18. The average molecular weight is 192 g/mol. The van der Waals surface area contributed by atoms with Crippen molar-refractivity contribution in [3.63, 3.8) is 0 Å². The van der Waals surface area contributed by atoms with Crippen molar-refractivity contribution in [3.8, 4) is 0 Å². The summed E-state index contributed by atoms with van der Waals surface area (Å²) in [5.41, 5.74) is 1.50. The molecule has 0 amide bonds. The summed E-state index contributed by atoms with van der Waals surface area (Å²) in [5.74, 6) is -1.23. The zero-order chi connectivity index (χ0) is 10.6. The Morgan fingerprint density at radius 3 is 2.50 bits per heavy atom. The Morgan fingerprint density at radius 1 is 1.43 bits per heavy atom. The summed E-state index contributed by atoms with van der Waals surface area (Å²) >= 11 is 0. The predicted molar refractivity (Wildman–Crippen MR) is 53.4 cm³/mol. The molecule has 1 aromatic carbocycles. The van der Waals surface area contributed by atoms with E-state index in [4.69, 9.17) is 5.26 Å². The lowest BCUT2D eigenvalue weighted by Gasteiger charge is -2.10. The molecule has 1 unspecified atom stereocenters. The van der Waals surface area contributed by atoms with Gasteiger partial charge in [-0.05, 0) is 18.1 Å². The molecule has 0 radical (unpaired) electrons. The fourth-order valence-corrected chi connectivity index (χ4v) is 1.12. The third kappa shape index (κ3) is 2.20. The van der Waals surface area contributed by atoms with Gasteiger partial charge in [0.2, 0.25) is 0 Å². The second kappa shape index (κ2) is 4.58.